The predicted molar refractivity (Wildman–Crippen MR) is 102 cm³/mol. The number of nitrogens with zero attached hydrogens (tertiary/aromatic N) is 1. The molecule has 0 saturated carbocycles. The van der Waals surface area contributed by atoms with Gasteiger partial charge in [0, 0.05) is 28.0 Å². The Bertz CT molecular complexity index is 1150. The Morgan fingerprint density at radius 2 is 2.04 bits per heavy atom. The van der Waals surface area contributed by atoms with Gasteiger partial charge in [-0.2, -0.15) is 4.39 Å². The SMILES string of the molecule is COc1cccc([C@@H](C)NC(=O)c2ccc3c(c2)[nH]c2c(F)nccc23)c1. The van der Waals surface area contributed by atoms with Gasteiger partial charge in [0.2, 0.25) is 5.95 Å². The lowest BCUT2D eigenvalue weighted by atomic mass is 10.1. The van der Waals surface area contributed by atoms with E-state index >= 15 is 0 Å². The number of rotatable bonds is 4. The third-order valence-corrected chi connectivity index (χ3v) is 4.68. The summed E-state index contributed by atoms with van der Waals surface area (Å²) >= 11 is 0. The van der Waals surface area contributed by atoms with Gasteiger partial charge in [-0.3, -0.25) is 4.79 Å². The highest BCUT2D eigenvalue weighted by Crippen LogP contribution is 2.27. The van der Waals surface area contributed by atoms with Crippen LogP contribution in [0, 0.1) is 5.95 Å². The molecule has 136 valence electrons. The molecule has 5 nitrogen and oxygen atoms in total. The number of hydrogen-bond acceptors (Lipinski definition) is 3. The molecule has 1 atom stereocenters. The zero-order valence-corrected chi connectivity index (χ0v) is 14.9. The van der Waals surface area contributed by atoms with E-state index in [1.165, 1.54) is 6.20 Å². The van der Waals surface area contributed by atoms with Crippen LogP contribution in [0.3, 0.4) is 0 Å². The smallest absolute Gasteiger partial charge is 0.251 e. The van der Waals surface area contributed by atoms with Crippen LogP contribution >= 0.6 is 0 Å². The molecule has 4 rings (SSSR count). The summed E-state index contributed by atoms with van der Waals surface area (Å²) in [7, 11) is 1.61. The van der Waals surface area contributed by atoms with Gasteiger partial charge >= 0.3 is 0 Å². The number of hydrogen-bond donors (Lipinski definition) is 2. The minimum atomic E-state index is -0.554. The van der Waals surface area contributed by atoms with Crippen molar-refractivity contribution in [1.29, 1.82) is 0 Å². The zero-order chi connectivity index (χ0) is 19.0. The maximum atomic E-state index is 13.9. The predicted octanol–water partition coefficient (Wildman–Crippen LogP) is 4.35. The Morgan fingerprint density at radius 3 is 2.85 bits per heavy atom. The van der Waals surface area contributed by atoms with Gasteiger partial charge in [0.25, 0.3) is 5.91 Å². The van der Waals surface area contributed by atoms with E-state index in [-0.39, 0.29) is 11.9 Å². The number of aromatic amines is 1. The van der Waals surface area contributed by atoms with Gasteiger partial charge in [-0.05, 0) is 42.8 Å². The lowest BCUT2D eigenvalue weighted by Gasteiger charge is -2.15. The quantitative estimate of drug-likeness (QED) is 0.530. The third kappa shape index (κ3) is 3.10. The van der Waals surface area contributed by atoms with Crippen molar-refractivity contribution in [3.8, 4) is 5.75 Å². The van der Waals surface area contributed by atoms with E-state index in [0.29, 0.717) is 16.6 Å². The molecule has 0 fully saturated rings. The van der Waals surface area contributed by atoms with E-state index in [2.05, 4.69) is 15.3 Å². The van der Waals surface area contributed by atoms with Gasteiger partial charge in [0.15, 0.2) is 0 Å². The highest BCUT2D eigenvalue weighted by molar-refractivity contribution is 6.09. The molecule has 0 spiro atoms. The van der Waals surface area contributed by atoms with Gasteiger partial charge in [0.1, 0.15) is 11.3 Å². The number of halogens is 1. The highest BCUT2D eigenvalue weighted by atomic mass is 19.1. The van der Waals surface area contributed by atoms with Crippen LogP contribution in [0.4, 0.5) is 4.39 Å². The van der Waals surface area contributed by atoms with Crippen molar-refractivity contribution >= 4 is 27.7 Å². The standard InChI is InChI=1S/C21H18FN3O2/c1-12(13-4-3-5-15(10-13)27-2)24-21(26)14-6-7-16-17-8-9-23-20(22)19(17)25-18(16)11-14/h3-12,25H,1-2H3,(H,24,26)/t12-/m1/s1. The van der Waals surface area contributed by atoms with Crippen LogP contribution in [0.25, 0.3) is 21.8 Å². The summed E-state index contributed by atoms with van der Waals surface area (Å²) in [4.78, 5) is 19.3. The second-order valence-corrected chi connectivity index (χ2v) is 6.38. The highest BCUT2D eigenvalue weighted by Gasteiger charge is 2.15. The fourth-order valence-corrected chi connectivity index (χ4v) is 3.21. The van der Waals surface area contributed by atoms with Crippen molar-refractivity contribution in [3.05, 3.63) is 71.8 Å². The molecule has 2 N–H and O–H groups in total. The summed E-state index contributed by atoms with van der Waals surface area (Å²) in [5, 5.41) is 4.57. The molecule has 0 aliphatic heterocycles. The van der Waals surface area contributed by atoms with Crippen molar-refractivity contribution < 1.29 is 13.9 Å². The zero-order valence-electron chi connectivity index (χ0n) is 14.9. The number of nitrogens with one attached hydrogen (secondary N) is 2. The number of ether oxygens (including phenoxy) is 1. The number of benzene rings is 2. The number of methoxy groups -OCH3 is 1. The second-order valence-electron chi connectivity index (χ2n) is 6.38. The molecule has 6 heteroatoms. The normalized spacial score (nSPS) is 12.3. The number of amides is 1. The Balaban J connectivity index is 1.62. The minimum Gasteiger partial charge on any atom is -0.497 e. The molecule has 2 heterocycles. The largest absolute Gasteiger partial charge is 0.497 e. The summed E-state index contributed by atoms with van der Waals surface area (Å²) in [5.74, 6) is -0.0189. The molecule has 0 saturated heterocycles. The van der Waals surface area contributed by atoms with E-state index in [1.54, 1.807) is 25.3 Å². The van der Waals surface area contributed by atoms with Crippen LogP contribution < -0.4 is 10.1 Å². The van der Waals surface area contributed by atoms with Crippen molar-refractivity contribution in [2.45, 2.75) is 13.0 Å². The first kappa shape index (κ1) is 17.0. The van der Waals surface area contributed by atoms with E-state index in [0.717, 1.165) is 22.1 Å². The van der Waals surface area contributed by atoms with E-state index < -0.39 is 5.95 Å². The molecule has 1 amide bonds. The summed E-state index contributed by atoms with van der Waals surface area (Å²) in [6, 6.07) is 14.4. The summed E-state index contributed by atoms with van der Waals surface area (Å²) in [6.45, 7) is 1.91. The lowest BCUT2D eigenvalue weighted by molar-refractivity contribution is 0.0940. The van der Waals surface area contributed by atoms with E-state index in [4.69, 9.17) is 4.74 Å². The van der Waals surface area contributed by atoms with Crippen molar-refractivity contribution in [2.75, 3.05) is 7.11 Å². The summed E-state index contributed by atoms with van der Waals surface area (Å²) < 4.78 is 19.1. The monoisotopic (exact) mass is 363 g/mol. The molecular formula is C21H18FN3O2. The maximum Gasteiger partial charge on any atom is 0.251 e. The van der Waals surface area contributed by atoms with Crippen LogP contribution in [0.2, 0.25) is 0 Å². The molecular weight excluding hydrogens is 345 g/mol. The molecule has 2 aromatic carbocycles. The fourth-order valence-electron chi connectivity index (χ4n) is 3.21. The molecule has 0 aliphatic rings. The number of H-pyrrole nitrogens is 1. The van der Waals surface area contributed by atoms with Crippen LogP contribution in [0.15, 0.2) is 54.7 Å². The lowest BCUT2D eigenvalue weighted by Crippen LogP contribution is -2.26. The molecule has 0 unspecified atom stereocenters. The first-order valence-electron chi connectivity index (χ1n) is 8.57. The van der Waals surface area contributed by atoms with Gasteiger partial charge in [-0.15, -0.1) is 0 Å². The average Bonchev–Trinajstić information content (AvgIpc) is 3.07. The third-order valence-electron chi connectivity index (χ3n) is 4.68. The number of pyridine rings is 1. The molecule has 27 heavy (non-hydrogen) atoms. The van der Waals surface area contributed by atoms with E-state index in [1.807, 2.05) is 37.3 Å². The second kappa shape index (κ2) is 6.72. The Morgan fingerprint density at radius 1 is 1.19 bits per heavy atom. The van der Waals surface area contributed by atoms with Crippen LogP contribution in [0.5, 0.6) is 5.75 Å². The maximum absolute atomic E-state index is 13.9. The average molecular weight is 363 g/mol. The van der Waals surface area contributed by atoms with Crippen LogP contribution in [-0.2, 0) is 0 Å². The van der Waals surface area contributed by atoms with Crippen molar-refractivity contribution in [3.63, 3.8) is 0 Å². The molecule has 0 radical (unpaired) electrons. The van der Waals surface area contributed by atoms with Crippen molar-refractivity contribution in [2.24, 2.45) is 0 Å². The van der Waals surface area contributed by atoms with Crippen molar-refractivity contribution in [1.82, 2.24) is 15.3 Å². The summed E-state index contributed by atoms with van der Waals surface area (Å²) in [6.07, 6.45) is 1.43. The fraction of sp³-hybridized carbons (Fsp3) is 0.143. The van der Waals surface area contributed by atoms with Gasteiger partial charge < -0.3 is 15.0 Å². The number of carbonyl (C=O) groups excluding carboxylic acids is 1. The van der Waals surface area contributed by atoms with Crippen LogP contribution in [0.1, 0.15) is 28.9 Å². The topological polar surface area (TPSA) is 67.0 Å². The van der Waals surface area contributed by atoms with Crippen LogP contribution in [-0.4, -0.2) is 23.0 Å². The number of aromatic nitrogens is 2. The van der Waals surface area contributed by atoms with Gasteiger partial charge in [0.05, 0.1) is 13.2 Å². The molecule has 2 aromatic heterocycles. The Hall–Kier alpha value is -3.41. The Kier molecular flexibility index (Phi) is 4.24. The molecule has 4 aromatic rings. The first-order valence-corrected chi connectivity index (χ1v) is 8.57. The molecule has 0 bridgehead atoms. The van der Waals surface area contributed by atoms with Gasteiger partial charge in [-0.1, -0.05) is 18.2 Å². The molecule has 0 aliphatic carbocycles. The number of fused-ring (bicyclic) bond motifs is 3. The first-order chi connectivity index (χ1) is 13.1. The summed E-state index contributed by atoms with van der Waals surface area (Å²) in [5.41, 5.74) is 2.48. The number of carbonyl (C=O) groups is 1. The van der Waals surface area contributed by atoms with Gasteiger partial charge in [-0.25, -0.2) is 4.98 Å². The Labute approximate surface area is 155 Å². The minimum absolute atomic E-state index is 0.187. The van der Waals surface area contributed by atoms with E-state index in [9.17, 15) is 9.18 Å².